The average Bonchev–Trinajstić information content (AvgIpc) is 2.09. The van der Waals surface area contributed by atoms with Crippen molar-refractivity contribution in [3.8, 4) is 0 Å². The van der Waals surface area contributed by atoms with E-state index in [1.54, 1.807) is 32.1 Å². The molecule has 0 aromatic heterocycles. The summed E-state index contributed by atoms with van der Waals surface area (Å²) in [4.78, 5) is 0. The molecule has 1 atom stereocenters. The Bertz CT molecular complexity index is 193. The van der Waals surface area contributed by atoms with Crippen molar-refractivity contribution < 1.29 is 0 Å². The third-order valence-electron chi connectivity index (χ3n) is 4.75. The minimum Gasteiger partial charge on any atom is -0.116 e. The van der Waals surface area contributed by atoms with Crippen molar-refractivity contribution in [2.45, 2.75) is 57.3 Å². The fourth-order valence-electron chi connectivity index (χ4n) is 4.58. The monoisotopic (exact) mass is 210 g/mol. The Labute approximate surface area is 90.0 Å². The molecule has 0 radical (unpaired) electrons. The van der Waals surface area contributed by atoms with E-state index >= 15 is 0 Å². The van der Waals surface area contributed by atoms with Gasteiger partial charge in [-0.3, -0.25) is 0 Å². The second-order valence-electron chi connectivity index (χ2n) is 6.28. The van der Waals surface area contributed by atoms with Gasteiger partial charge in [-0.05, 0) is 67.1 Å². The predicted octanol–water partition coefficient (Wildman–Crippen LogP) is 3.90. The molecule has 4 aliphatic carbocycles. The van der Waals surface area contributed by atoms with Crippen LogP contribution in [-0.2, 0) is 0 Å². The van der Waals surface area contributed by atoms with Crippen LogP contribution in [0.25, 0.3) is 0 Å². The highest BCUT2D eigenvalue weighted by atomic mass is 31.1. The van der Waals surface area contributed by atoms with Crippen molar-refractivity contribution in [3.63, 3.8) is 0 Å². The molecule has 0 nitrogen and oxygen atoms in total. The van der Waals surface area contributed by atoms with Gasteiger partial charge in [-0.1, -0.05) is 13.8 Å². The molecule has 1 heteroatoms. The van der Waals surface area contributed by atoms with Crippen LogP contribution in [0, 0.1) is 23.7 Å². The first kappa shape index (κ1) is 9.64. The van der Waals surface area contributed by atoms with E-state index in [0.717, 1.165) is 35.0 Å². The second-order valence-corrected chi connectivity index (χ2v) is 8.43. The third-order valence-corrected chi connectivity index (χ3v) is 6.75. The molecule has 1 unspecified atom stereocenters. The fourth-order valence-corrected chi connectivity index (χ4v) is 6.44. The molecular weight excluding hydrogens is 187 g/mol. The maximum Gasteiger partial charge on any atom is -0.0177 e. The Morgan fingerprint density at radius 1 is 0.857 bits per heavy atom. The highest BCUT2D eigenvalue weighted by Gasteiger charge is 2.47. The molecule has 14 heavy (non-hydrogen) atoms. The van der Waals surface area contributed by atoms with Gasteiger partial charge in [0, 0.05) is 0 Å². The number of hydrogen-bond donors (Lipinski definition) is 0. The molecule has 0 aromatic rings. The van der Waals surface area contributed by atoms with Gasteiger partial charge in [-0.2, -0.15) is 0 Å². The van der Waals surface area contributed by atoms with Crippen molar-refractivity contribution >= 4 is 8.58 Å². The molecule has 0 N–H and O–H groups in total. The molecule has 4 bridgehead atoms. The Hall–Kier alpha value is 0.430. The average molecular weight is 210 g/mol. The maximum atomic E-state index is 2.42. The topological polar surface area (TPSA) is 0 Å². The minimum absolute atomic E-state index is 0.956. The van der Waals surface area contributed by atoms with Gasteiger partial charge in [-0.25, -0.2) is 0 Å². The van der Waals surface area contributed by atoms with Crippen molar-refractivity contribution in [3.05, 3.63) is 0 Å². The highest BCUT2D eigenvalue weighted by molar-refractivity contribution is 7.39. The van der Waals surface area contributed by atoms with E-state index in [9.17, 15) is 0 Å². The molecule has 4 saturated carbocycles. The van der Waals surface area contributed by atoms with Crippen molar-refractivity contribution in [2.75, 3.05) is 0 Å². The van der Waals surface area contributed by atoms with Crippen LogP contribution >= 0.6 is 8.58 Å². The molecule has 4 rings (SSSR count). The summed E-state index contributed by atoms with van der Waals surface area (Å²) in [5.41, 5.74) is 2.11. The third kappa shape index (κ3) is 1.54. The maximum absolute atomic E-state index is 2.42. The quantitative estimate of drug-likeness (QED) is 0.606. The smallest absolute Gasteiger partial charge is 0.0177 e. The van der Waals surface area contributed by atoms with Gasteiger partial charge in [0.2, 0.25) is 0 Å². The zero-order valence-corrected chi connectivity index (χ0v) is 10.5. The summed E-state index contributed by atoms with van der Waals surface area (Å²) in [7, 11) is 1.27. The summed E-state index contributed by atoms with van der Waals surface area (Å²) in [5, 5.41) is 0. The van der Waals surface area contributed by atoms with Crippen LogP contribution < -0.4 is 0 Å². The van der Waals surface area contributed by atoms with Gasteiger partial charge >= 0.3 is 0 Å². The van der Waals surface area contributed by atoms with Crippen LogP contribution in [0.4, 0.5) is 0 Å². The second kappa shape index (κ2) is 3.48. The van der Waals surface area contributed by atoms with Crippen molar-refractivity contribution in [2.24, 2.45) is 23.7 Å². The van der Waals surface area contributed by atoms with E-state index < -0.39 is 0 Å². The zero-order chi connectivity index (χ0) is 9.71. The first-order chi connectivity index (χ1) is 6.72. The van der Waals surface area contributed by atoms with E-state index in [1.807, 2.05) is 0 Å². The Morgan fingerprint density at radius 3 is 1.79 bits per heavy atom. The van der Waals surface area contributed by atoms with Gasteiger partial charge < -0.3 is 0 Å². The van der Waals surface area contributed by atoms with Gasteiger partial charge in [0.05, 0.1) is 0 Å². The number of hydrogen-bond acceptors (Lipinski definition) is 0. The lowest BCUT2D eigenvalue weighted by Crippen LogP contribution is -2.46. The summed E-state index contributed by atoms with van der Waals surface area (Å²) in [5.74, 6) is 4.63. The standard InChI is InChI=1S/C13H23P/c1-8(2)14-13-11-4-9-3-10(6-11)7-12(13)5-9/h8-14H,3-7H2,1-2H3. The van der Waals surface area contributed by atoms with E-state index in [1.165, 1.54) is 8.58 Å². The minimum atomic E-state index is 0.956. The van der Waals surface area contributed by atoms with Crippen LogP contribution in [0.2, 0.25) is 0 Å². The summed E-state index contributed by atoms with van der Waals surface area (Å²) < 4.78 is 0. The lowest BCUT2D eigenvalue weighted by Gasteiger charge is -2.55. The molecule has 0 heterocycles. The van der Waals surface area contributed by atoms with E-state index in [4.69, 9.17) is 0 Å². The van der Waals surface area contributed by atoms with Crippen LogP contribution in [-0.4, -0.2) is 11.3 Å². The molecule has 0 saturated heterocycles. The molecule has 0 amide bonds. The van der Waals surface area contributed by atoms with Gasteiger partial charge in [0.1, 0.15) is 0 Å². The Kier molecular flexibility index (Phi) is 2.39. The lowest BCUT2D eigenvalue weighted by molar-refractivity contribution is 0.0254. The molecule has 0 aromatic carbocycles. The number of rotatable bonds is 2. The predicted molar refractivity (Wildman–Crippen MR) is 64.3 cm³/mol. The van der Waals surface area contributed by atoms with Crippen LogP contribution in [0.3, 0.4) is 0 Å². The summed E-state index contributed by atoms with van der Waals surface area (Å²) in [6, 6.07) is 0. The molecule has 4 aliphatic rings. The van der Waals surface area contributed by atoms with E-state index in [2.05, 4.69) is 13.8 Å². The summed E-state index contributed by atoms with van der Waals surface area (Å²) in [6.45, 7) is 4.84. The zero-order valence-electron chi connectivity index (χ0n) is 9.50. The lowest BCUT2D eigenvalue weighted by atomic mass is 9.56. The molecular formula is C13H23P. The Balaban J connectivity index is 1.74. The van der Waals surface area contributed by atoms with Crippen LogP contribution in [0.5, 0.6) is 0 Å². The van der Waals surface area contributed by atoms with Crippen molar-refractivity contribution in [1.82, 2.24) is 0 Å². The van der Waals surface area contributed by atoms with Crippen LogP contribution in [0.15, 0.2) is 0 Å². The largest absolute Gasteiger partial charge is 0.116 e. The van der Waals surface area contributed by atoms with Gasteiger partial charge in [0.25, 0.3) is 0 Å². The highest BCUT2D eigenvalue weighted by Crippen LogP contribution is 2.58. The van der Waals surface area contributed by atoms with Gasteiger partial charge in [0.15, 0.2) is 0 Å². The molecule has 80 valence electrons. The molecule has 0 aliphatic heterocycles. The van der Waals surface area contributed by atoms with E-state index in [0.29, 0.717) is 0 Å². The van der Waals surface area contributed by atoms with Crippen LogP contribution in [0.1, 0.15) is 46.0 Å². The van der Waals surface area contributed by atoms with Crippen molar-refractivity contribution in [1.29, 1.82) is 0 Å². The fraction of sp³-hybridized carbons (Fsp3) is 1.00. The normalized spacial score (nSPS) is 51.2. The molecule has 0 spiro atoms. The first-order valence-corrected chi connectivity index (χ1v) is 7.64. The summed E-state index contributed by atoms with van der Waals surface area (Å²) >= 11 is 0. The van der Waals surface area contributed by atoms with E-state index in [-0.39, 0.29) is 0 Å². The first-order valence-electron chi connectivity index (χ1n) is 6.48. The summed E-state index contributed by atoms with van der Waals surface area (Å²) in [6.07, 6.45) is 8.04. The SMILES string of the molecule is CC(C)PC1C2CC3CC(C2)CC1C3. The molecule has 4 fully saturated rings. The Morgan fingerprint density at radius 2 is 1.36 bits per heavy atom. The van der Waals surface area contributed by atoms with Gasteiger partial charge in [-0.15, -0.1) is 8.58 Å².